The first-order chi connectivity index (χ1) is 70.7. The van der Waals surface area contributed by atoms with Gasteiger partial charge in [0.1, 0.15) is 60.1 Å². The maximum Gasteiger partial charge on any atom is 0.569 e. The molecule has 16 rings (SSSR count). The number of carboxylic acids is 1. The molecule has 4 aliphatic heterocycles. The Labute approximate surface area is 859 Å². The van der Waals surface area contributed by atoms with Gasteiger partial charge in [0.2, 0.25) is 0 Å². The average Bonchev–Trinajstić information content (AvgIpc) is 0.777. The number of aromatic carboxylic acids is 1. The molecule has 0 saturated carbocycles. The van der Waals surface area contributed by atoms with Crippen molar-refractivity contribution in [3.05, 3.63) is 387 Å². The van der Waals surface area contributed by atoms with Gasteiger partial charge in [-0.05, 0) is 270 Å². The maximum atomic E-state index is 12.9. The number of methoxy groups -OCH3 is 2. The van der Waals surface area contributed by atoms with Gasteiger partial charge in [-0.3, -0.25) is 38.6 Å². The number of nitrogens with zero attached hydrogens (tertiary/aromatic N) is 5. The van der Waals surface area contributed by atoms with Gasteiger partial charge in [-0.1, -0.05) is 84.9 Å². The number of likely N-dealkylation sites (tertiary alicyclic amines) is 1. The SMILES string of the molecule is COC(=O)c1ccc(O)cc1.COC(=O)c1ccc(OCc2ccc(C(F)(F)F)cc2)cc1.O=C(Cl)C(=O)Cl.O=C(Cl)c1ccc(OCc2ccc(C(F)(F)F)cc2)cc1.O=C(O)c1ccc(OCc2ccc(C(F)(F)F)cc2)cc1.O=C(c1ccccc1)N1CCN(C2CN(C(=O)c3ccc(Oc4cccc(C(F)(F)F)c4)cc3)C2)CC1.O=C(c1ccccc1)N1CCN(C2CNC2)CC1.O[B]Oc1cccc(C(F)(F)F)c1. The molecule has 0 aliphatic carbocycles. The van der Waals surface area contributed by atoms with Crippen LogP contribution in [0.15, 0.2) is 303 Å². The van der Waals surface area contributed by atoms with Crippen molar-refractivity contribution in [2.75, 3.05) is 92.8 Å². The number of carbonyl (C=O) groups excluding carboxylic acids is 8. The van der Waals surface area contributed by atoms with E-state index >= 15 is 0 Å². The van der Waals surface area contributed by atoms with Crippen LogP contribution >= 0.6 is 34.8 Å². The van der Waals surface area contributed by atoms with E-state index in [0.29, 0.717) is 107 Å². The number of amides is 3. The molecule has 4 heterocycles. The van der Waals surface area contributed by atoms with Gasteiger partial charge in [0, 0.05) is 113 Å². The summed E-state index contributed by atoms with van der Waals surface area (Å²) in [5.74, 6) is 0.181. The van der Waals surface area contributed by atoms with Crippen molar-refractivity contribution in [1.29, 1.82) is 0 Å². The fraction of sp³-hybridized carbons (Fsp3) is 0.229. The molecule has 12 aromatic rings. The summed E-state index contributed by atoms with van der Waals surface area (Å²) in [6.07, 6.45) is -21.9. The molecule has 1 radical (unpaired) electrons. The van der Waals surface area contributed by atoms with Crippen LogP contribution in [0.5, 0.6) is 40.2 Å². The van der Waals surface area contributed by atoms with Crippen molar-refractivity contribution in [3.8, 4) is 40.2 Å². The van der Waals surface area contributed by atoms with Crippen LogP contribution in [0.3, 0.4) is 0 Å². The third kappa shape index (κ3) is 38.7. The van der Waals surface area contributed by atoms with Crippen molar-refractivity contribution in [3.63, 3.8) is 0 Å². The van der Waals surface area contributed by atoms with Crippen LogP contribution in [0.25, 0.3) is 0 Å². The van der Waals surface area contributed by atoms with E-state index in [1.807, 2.05) is 70.5 Å². The highest BCUT2D eigenvalue weighted by atomic mass is 35.5. The number of alkyl halides is 15. The minimum atomic E-state index is -4.45. The van der Waals surface area contributed by atoms with Gasteiger partial charge in [-0.15, -0.1) is 0 Å². The average molecular weight is 2140 g/mol. The second-order valence-electron chi connectivity index (χ2n) is 32.1. The van der Waals surface area contributed by atoms with E-state index in [1.54, 1.807) is 65.6 Å². The van der Waals surface area contributed by atoms with E-state index in [9.17, 15) is 109 Å². The Morgan fingerprint density at radius 1 is 0.336 bits per heavy atom. The molecule has 4 N–H and O–H groups in total. The lowest BCUT2D eigenvalue weighted by Gasteiger charge is -2.48. The van der Waals surface area contributed by atoms with Gasteiger partial charge in [-0.2, -0.15) is 65.9 Å². The standard InChI is InChI=1S/C28H26F3N3O3.C16H13F3O3.C15H10ClF3O2.C15H11F3O3.C14H19N3O.C8H8O3.C7H5BF3O2.C2Cl2O2/c29-28(30,31)22-7-4-8-25(17-22)37-24-11-9-21(10-12-24)27(36)34-18-23(19-34)32-13-15-33(16-14-32)26(35)20-5-2-1-3-6-20;1-21-15(20)12-4-8-14(9-5-12)22-10-11-2-6-13(7-3-11)16(17,18)19;16-14(20)11-3-7-13(8-4-11)21-9-10-1-5-12(6-2-10)15(17,18)19;16-15(17,18)12-5-1-10(2-6-12)9-21-13-7-3-11(4-8-13)14(19)20;18-14(12-4-2-1-3-5-12)17-8-6-16(7-9-17)13-10-15-11-13;1-11-8(10)6-2-4-7(9)5-3-6;9-7(10,11)5-2-1-3-6(4-5)13-8-12;3-1(5)2(4)6/h1-12,17,23H,13-16,18-19H2;2-9H,10H2,1H3;1-8H,9H2;1-8H,9H2,(H,19,20);1-5,13,15H,6-11H2;2-5,9H,1H3;1-4,12H;. The zero-order valence-corrected chi connectivity index (χ0v) is 80.9. The lowest BCUT2D eigenvalue weighted by atomic mass is 10.0. The summed E-state index contributed by atoms with van der Waals surface area (Å²) in [6.45, 7) is 10.4. The molecule has 4 aliphatic rings. The van der Waals surface area contributed by atoms with Gasteiger partial charge in [0.15, 0.2) is 0 Å². The van der Waals surface area contributed by atoms with Crippen LogP contribution in [-0.4, -0.2) is 204 Å². The Hall–Kier alpha value is -15.0. The Kier molecular flexibility index (Phi) is 44.4. The van der Waals surface area contributed by atoms with E-state index in [0.717, 1.165) is 119 Å². The molecule has 0 bridgehead atoms. The fourth-order valence-electron chi connectivity index (χ4n) is 13.8. The zero-order valence-electron chi connectivity index (χ0n) is 78.6. The second-order valence-corrected chi connectivity index (χ2v) is 33.2. The van der Waals surface area contributed by atoms with Crippen molar-refractivity contribution in [1.82, 2.24) is 29.8 Å². The molecule has 3 amide bonds. The molecular weight excluding hydrogens is 2050 g/mol. The summed E-state index contributed by atoms with van der Waals surface area (Å²) < 4.78 is 222. The number of rotatable bonds is 23. The molecule has 785 valence electrons. The number of esters is 2. The third-order valence-corrected chi connectivity index (χ3v) is 22.7. The Morgan fingerprint density at radius 2 is 0.644 bits per heavy atom. The second kappa shape index (κ2) is 56.2. The highest BCUT2D eigenvalue weighted by Crippen LogP contribution is 2.37. The normalized spacial score (nSPS) is 13.6. The number of phenols is 1. The van der Waals surface area contributed by atoms with Crippen LogP contribution in [0, 0.1) is 0 Å². The van der Waals surface area contributed by atoms with Crippen LogP contribution in [0.4, 0.5) is 65.9 Å². The van der Waals surface area contributed by atoms with Crippen molar-refractivity contribution in [2.45, 2.75) is 62.8 Å². The summed E-state index contributed by atoms with van der Waals surface area (Å²) >= 11 is 14.3. The first-order valence-electron chi connectivity index (χ1n) is 44.5. The van der Waals surface area contributed by atoms with Crippen LogP contribution in [-0.2, 0) is 69.8 Å². The van der Waals surface area contributed by atoms with Gasteiger partial charge in [-0.25, -0.2) is 14.4 Å². The number of aromatic hydroxyl groups is 1. The van der Waals surface area contributed by atoms with Crippen LogP contribution < -0.4 is 28.9 Å². The number of hydrogen-bond donors (Lipinski definition) is 4. The largest absolute Gasteiger partial charge is 0.569 e. The Bertz CT molecular complexity index is 6210. The van der Waals surface area contributed by atoms with Crippen LogP contribution in [0.2, 0.25) is 0 Å². The molecular formula is C105H92BCl3F15N6O19. The zero-order chi connectivity index (χ0) is 109. The lowest BCUT2D eigenvalue weighted by molar-refractivity contribution is -0.138. The van der Waals surface area contributed by atoms with Gasteiger partial charge >= 0.3 is 67.0 Å². The van der Waals surface area contributed by atoms with Gasteiger partial charge < -0.3 is 68.3 Å². The number of carboxylic acid groups (broad SMARTS) is 1. The number of ether oxygens (including phenoxy) is 6. The van der Waals surface area contributed by atoms with Crippen molar-refractivity contribution >= 4 is 93.8 Å². The predicted octanol–water partition coefficient (Wildman–Crippen LogP) is 21.2. The fourth-order valence-corrected chi connectivity index (χ4v) is 13.9. The maximum absolute atomic E-state index is 12.9. The number of piperazine rings is 2. The Morgan fingerprint density at radius 3 is 0.966 bits per heavy atom. The molecule has 0 spiro atoms. The quantitative estimate of drug-likeness (QED) is 0.0152. The number of hydrogen-bond acceptors (Lipinski definition) is 21. The van der Waals surface area contributed by atoms with Gasteiger partial charge in [0.25, 0.3) is 23.0 Å². The summed E-state index contributed by atoms with van der Waals surface area (Å²) in [5, 5.41) is 26.2. The van der Waals surface area contributed by atoms with E-state index in [2.05, 4.69) is 52.4 Å². The number of nitrogens with one attached hydrogen (secondary N) is 1. The third-order valence-electron chi connectivity index (χ3n) is 22.0. The first kappa shape index (κ1) is 118. The molecule has 0 aromatic heterocycles. The summed E-state index contributed by atoms with van der Waals surface area (Å²) in [7, 11) is 2.93. The van der Waals surface area contributed by atoms with Gasteiger partial charge in [0.05, 0.1) is 58.7 Å². The molecule has 0 atom stereocenters. The van der Waals surface area contributed by atoms with E-state index < -0.39 is 92.3 Å². The summed E-state index contributed by atoms with van der Waals surface area (Å²) in [4.78, 5) is 111. The molecule has 12 aromatic carbocycles. The highest BCUT2D eigenvalue weighted by Gasteiger charge is 2.39. The molecule has 25 nitrogen and oxygen atoms in total. The Balaban J connectivity index is 0.000000197. The molecule has 44 heteroatoms. The van der Waals surface area contributed by atoms with Crippen molar-refractivity contribution < 1.29 is 157 Å². The molecule has 4 saturated heterocycles. The smallest absolute Gasteiger partial charge is 0.537 e. The lowest BCUT2D eigenvalue weighted by Crippen LogP contribution is -2.64. The molecule has 0 unspecified atom stereocenters. The summed E-state index contributed by atoms with van der Waals surface area (Å²) in [5.41, 5.74) is 1.42. The summed E-state index contributed by atoms with van der Waals surface area (Å²) in [6, 6.07) is 73.3. The number of carbonyl (C=O) groups is 9. The number of phenolic OH excluding ortho intramolecular Hbond substituents is 1. The van der Waals surface area contributed by atoms with E-state index in [-0.39, 0.29) is 66.4 Å². The monoisotopic (exact) mass is 2140 g/mol. The van der Waals surface area contributed by atoms with Crippen LogP contribution in [0.1, 0.15) is 117 Å². The number of benzene rings is 12. The topological polar surface area (TPSA) is 307 Å². The highest BCUT2D eigenvalue weighted by molar-refractivity contribution is 6.97. The minimum absolute atomic E-state index is 0.0474. The first-order valence-corrected chi connectivity index (χ1v) is 45.7. The minimum Gasteiger partial charge on any atom is -0.537 e. The molecule has 4 fully saturated rings. The van der Waals surface area contributed by atoms with Crippen molar-refractivity contribution in [2.24, 2.45) is 0 Å². The number of halogens is 18. The van der Waals surface area contributed by atoms with E-state index in [1.165, 1.54) is 136 Å². The van der Waals surface area contributed by atoms with E-state index in [4.69, 9.17) is 45.8 Å². The molecule has 149 heavy (non-hydrogen) atoms. The predicted molar refractivity (Wildman–Crippen MR) is 518 cm³/mol.